The molecule has 2 bridgehead atoms. The van der Waals surface area contributed by atoms with Crippen LogP contribution in [0.5, 0.6) is 0 Å². The average molecular weight is 154 g/mol. The number of hydrogen-bond acceptors (Lipinski definition) is 2. The largest absolute Gasteiger partial charge is 0.392 e. The van der Waals surface area contributed by atoms with E-state index in [0.29, 0.717) is 17.8 Å². The molecule has 0 amide bonds. The maximum Gasteiger partial charge on any atom is 0.0668 e. The summed E-state index contributed by atoms with van der Waals surface area (Å²) in [6, 6.07) is 0. The highest BCUT2D eigenvalue weighted by Gasteiger charge is 2.43. The van der Waals surface area contributed by atoms with Crippen LogP contribution in [0.2, 0.25) is 0 Å². The third-order valence-electron chi connectivity index (χ3n) is 2.91. The van der Waals surface area contributed by atoms with Crippen molar-refractivity contribution in [1.82, 2.24) is 0 Å². The SMILES string of the molecule is COCC1CC2C=CC1C2O. The summed E-state index contributed by atoms with van der Waals surface area (Å²) in [4.78, 5) is 0. The number of fused-ring (bicyclic) bond motifs is 2. The van der Waals surface area contributed by atoms with Crippen LogP contribution in [0.15, 0.2) is 12.2 Å². The quantitative estimate of drug-likeness (QED) is 0.596. The first-order valence-electron chi connectivity index (χ1n) is 4.18. The first-order valence-corrected chi connectivity index (χ1v) is 4.18. The van der Waals surface area contributed by atoms with E-state index < -0.39 is 0 Å². The summed E-state index contributed by atoms with van der Waals surface area (Å²) >= 11 is 0. The molecule has 0 saturated heterocycles. The molecular weight excluding hydrogens is 140 g/mol. The molecule has 2 heteroatoms. The van der Waals surface area contributed by atoms with E-state index in [9.17, 15) is 5.11 Å². The number of methoxy groups -OCH3 is 1. The lowest BCUT2D eigenvalue weighted by Crippen LogP contribution is -2.18. The monoisotopic (exact) mass is 154 g/mol. The Bertz CT molecular complexity index is 176. The molecule has 0 aromatic heterocycles. The molecule has 1 N–H and O–H groups in total. The van der Waals surface area contributed by atoms with Crippen molar-refractivity contribution in [3.63, 3.8) is 0 Å². The summed E-state index contributed by atoms with van der Waals surface area (Å²) < 4.78 is 5.08. The summed E-state index contributed by atoms with van der Waals surface area (Å²) in [5, 5.41) is 9.61. The smallest absolute Gasteiger partial charge is 0.0668 e. The Morgan fingerprint density at radius 1 is 1.55 bits per heavy atom. The second-order valence-electron chi connectivity index (χ2n) is 3.57. The van der Waals surface area contributed by atoms with Gasteiger partial charge in [-0.15, -0.1) is 0 Å². The molecule has 1 fully saturated rings. The molecular formula is C9H14O2. The van der Waals surface area contributed by atoms with Crippen molar-refractivity contribution in [1.29, 1.82) is 0 Å². The summed E-state index contributed by atoms with van der Waals surface area (Å²) in [6.45, 7) is 0.794. The van der Waals surface area contributed by atoms with Gasteiger partial charge in [-0.3, -0.25) is 0 Å². The third-order valence-corrected chi connectivity index (χ3v) is 2.91. The number of aliphatic hydroxyl groups excluding tert-OH is 1. The van der Waals surface area contributed by atoms with Crippen LogP contribution in [0, 0.1) is 17.8 Å². The molecule has 2 aliphatic carbocycles. The molecule has 0 radical (unpaired) electrons. The lowest BCUT2D eigenvalue weighted by atomic mass is 9.94. The van der Waals surface area contributed by atoms with E-state index in [1.807, 2.05) is 0 Å². The van der Waals surface area contributed by atoms with Crippen molar-refractivity contribution >= 4 is 0 Å². The van der Waals surface area contributed by atoms with Gasteiger partial charge in [0.2, 0.25) is 0 Å². The van der Waals surface area contributed by atoms with Crippen LogP contribution >= 0.6 is 0 Å². The van der Waals surface area contributed by atoms with Gasteiger partial charge in [-0.1, -0.05) is 12.2 Å². The van der Waals surface area contributed by atoms with Gasteiger partial charge < -0.3 is 9.84 Å². The lowest BCUT2D eigenvalue weighted by molar-refractivity contribution is 0.102. The first kappa shape index (κ1) is 7.32. The molecule has 62 valence electrons. The van der Waals surface area contributed by atoms with E-state index in [4.69, 9.17) is 4.74 Å². The molecule has 4 unspecified atom stereocenters. The maximum absolute atomic E-state index is 9.61. The normalized spacial score (nSPS) is 47.1. The van der Waals surface area contributed by atoms with Gasteiger partial charge in [0.1, 0.15) is 0 Å². The Morgan fingerprint density at radius 3 is 2.82 bits per heavy atom. The number of aliphatic hydroxyl groups is 1. The molecule has 2 nitrogen and oxygen atoms in total. The Kier molecular flexibility index (Phi) is 1.74. The van der Waals surface area contributed by atoms with Gasteiger partial charge in [0.05, 0.1) is 6.10 Å². The highest BCUT2D eigenvalue weighted by Crippen LogP contribution is 2.43. The fourth-order valence-electron chi connectivity index (χ4n) is 2.34. The number of rotatable bonds is 2. The first-order chi connectivity index (χ1) is 5.33. The second-order valence-corrected chi connectivity index (χ2v) is 3.57. The predicted molar refractivity (Wildman–Crippen MR) is 42.1 cm³/mol. The van der Waals surface area contributed by atoms with E-state index >= 15 is 0 Å². The van der Waals surface area contributed by atoms with Crippen LogP contribution in [0.1, 0.15) is 6.42 Å². The summed E-state index contributed by atoms with van der Waals surface area (Å²) in [7, 11) is 1.72. The molecule has 0 spiro atoms. The molecule has 0 heterocycles. The van der Waals surface area contributed by atoms with Crippen molar-refractivity contribution < 1.29 is 9.84 Å². The zero-order valence-corrected chi connectivity index (χ0v) is 6.73. The number of ether oxygens (including phenoxy) is 1. The fourth-order valence-corrected chi connectivity index (χ4v) is 2.34. The molecule has 0 aromatic carbocycles. The summed E-state index contributed by atoms with van der Waals surface area (Å²) in [6.07, 6.45) is 5.27. The molecule has 0 aromatic rings. The van der Waals surface area contributed by atoms with Crippen LogP contribution in [0.3, 0.4) is 0 Å². The second kappa shape index (κ2) is 2.61. The van der Waals surface area contributed by atoms with Crippen molar-refractivity contribution in [3.8, 4) is 0 Å². The van der Waals surface area contributed by atoms with Crippen molar-refractivity contribution in [2.45, 2.75) is 12.5 Å². The summed E-state index contributed by atoms with van der Waals surface area (Å²) in [5.74, 6) is 1.35. The fraction of sp³-hybridized carbons (Fsp3) is 0.778. The standard InChI is InChI=1S/C9H14O2/c1-11-5-7-4-6-2-3-8(7)9(6)10/h2-3,6-10H,4-5H2,1H3. The van der Waals surface area contributed by atoms with Gasteiger partial charge in [-0.05, 0) is 12.3 Å². The molecule has 0 aliphatic heterocycles. The zero-order chi connectivity index (χ0) is 7.84. The Balaban J connectivity index is 2.03. The highest BCUT2D eigenvalue weighted by atomic mass is 16.5. The lowest BCUT2D eigenvalue weighted by Gasteiger charge is -2.16. The Labute approximate surface area is 66.9 Å². The van der Waals surface area contributed by atoms with E-state index in [2.05, 4.69) is 12.2 Å². The Morgan fingerprint density at radius 2 is 2.36 bits per heavy atom. The zero-order valence-electron chi connectivity index (χ0n) is 6.73. The van der Waals surface area contributed by atoms with Crippen LogP contribution in [0.4, 0.5) is 0 Å². The summed E-state index contributed by atoms with van der Waals surface area (Å²) in [5.41, 5.74) is 0. The van der Waals surface area contributed by atoms with Crippen LogP contribution in [-0.4, -0.2) is 24.9 Å². The van der Waals surface area contributed by atoms with E-state index in [1.54, 1.807) is 7.11 Å². The van der Waals surface area contributed by atoms with Crippen molar-refractivity contribution in [3.05, 3.63) is 12.2 Å². The van der Waals surface area contributed by atoms with Crippen molar-refractivity contribution in [2.24, 2.45) is 17.8 Å². The topological polar surface area (TPSA) is 29.5 Å². The molecule has 2 rings (SSSR count). The van der Waals surface area contributed by atoms with Crippen LogP contribution < -0.4 is 0 Å². The Hall–Kier alpha value is -0.340. The van der Waals surface area contributed by atoms with Gasteiger partial charge in [-0.25, -0.2) is 0 Å². The minimum absolute atomic E-state index is 0.116. The maximum atomic E-state index is 9.61. The highest BCUT2D eigenvalue weighted by molar-refractivity contribution is 5.15. The van der Waals surface area contributed by atoms with Crippen LogP contribution in [-0.2, 0) is 4.74 Å². The molecule has 11 heavy (non-hydrogen) atoms. The minimum atomic E-state index is -0.116. The molecule has 1 saturated carbocycles. The van der Waals surface area contributed by atoms with Gasteiger partial charge in [0, 0.05) is 25.6 Å². The van der Waals surface area contributed by atoms with Gasteiger partial charge in [0.25, 0.3) is 0 Å². The molecule has 4 atom stereocenters. The molecule has 2 aliphatic rings. The van der Waals surface area contributed by atoms with Crippen molar-refractivity contribution in [2.75, 3.05) is 13.7 Å². The third kappa shape index (κ3) is 1.01. The van der Waals surface area contributed by atoms with Crippen LogP contribution in [0.25, 0.3) is 0 Å². The van der Waals surface area contributed by atoms with E-state index in [-0.39, 0.29) is 6.10 Å². The van der Waals surface area contributed by atoms with Gasteiger partial charge >= 0.3 is 0 Å². The average Bonchev–Trinajstić information content (AvgIpc) is 2.47. The number of hydrogen-bond donors (Lipinski definition) is 1. The van der Waals surface area contributed by atoms with Gasteiger partial charge in [-0.2, -0.15) is 0 Å². The predicted octanol–water partition coefficient (Wildman–Crippen LogP) is 0.816. The van der Waals surface area contributed by atoms with Gasteiger partial charge in [0.15, 0.2) is 0 Å². The van der Waals surface area contributed by atoms with E-state index in [1.165, 1.54) is 0 Å². The minimum Gasteiger partial charge on any atom is -0.392 e. The van der Waals surface area contributed by atoms with E-state index in [0.717, 1.165) is 13.0 Å².